The number of aromatic carboxylic acids is 2. The second-order valence-electron chi connectivity index (χ2n) is 3.06. The third-order valence-corrected chi connectivity index (χ3v) is 2.29. The molecule has 8 heteroatoms. The number of hydrogen-bond acceptors (Lipinski definition) is 5. The Labute approximate surface area is 104 Å². The Bertz CT molecular complexity index is 483. The van der Waals surface area contributed by atoms with Crippen LogP contribution in [0.4, 0.5) is 0 Å². The van der Waals surface area contributed by atoms with Gasteiger partial charge in [0, 0.05) is 0 Å². The first kappa shape index (κ1) is 16.1. The molecular weight excluding hydrogens is 264 g/mol. The molecule has 100 valence electrons. The summed E-state index contributed by atoms with van der Waals surface area (Å²) in [5, 5.41) is 16.9. The number of benzene rings is 1. The SMILES string of the molecule is COS(C)(=O)=O.O=C(O)c1ccc(C(=O)O)cc1. The Kier molecular flexibility index (Phi) is 6.00. The van der Waals surface area contributed by atoms with Crippen LogP contribution in [0.3, 0.4) is 0 Å². The van der Waals surface area contributed by atoms with Crippen molar-refractivity contribution in [3.63, 3.8) is 0 Å². The first-order valence-corrected chi connectivity index (χ1v) is 6.31. The minimum Gasteiger partial charge on any atom is -0.478 e. The van der Waals surface area contributed by atoms with Gasteiger partial charge in [-0.25, -0.2) is 9.59 Å². The van der Waals surface area contributed by atoms with E-state index in [2.05, 4.69) is 4.18 Å². The molecule has 0 aliphatic carbocycles. The fourth-order valence-corrected chi connectivity index (χ4v) is 0.755. The zero-order valence-electron chi connectivity index (χ0n) is 9.65. The van der Waals surface area contributed by atoms with Gasteiger partial charge in [-0.1, -0.05) is 0 Å². The van der Waals surface area contributed by atoms with Crippen LogP contribution in [0.15, 0.2) is 24.3 Å². The van der Waals surface area contributed by atoms with E-state index in [-0.39, 0.29) is 11.1 Å². The fourth-order valence-electron chi connectivity index (χ4n) is 0.755. The molecule has 0 aromatic heterocycles. The zero-order valence-corrected chi connectivity index (χ0v) is 10.5. The first-order valence-electron chi connectivity index (χ1n) is 4.49. The lowest BCUT2D eigenvalue weighted by atomic mass is 10.1. The van der Waals surface area contributed by atoms with Gasteiger partial charge in [0.1, 0.15) is 0 Å². The summed E-state index contributed by atoms with van der Waals surface area (Å²) in [4.78, 5) is 20.7. The average Bonchev–Trinajstić information content (AvgIpc) is 2.29. The van der Waals surface area contributed by atoms with Crippen LogP contribution in [0.5, 0.6) is 0 Å². The highest BCUT2D eigenvalue weighted by atomic mass is 32.2. The molecule has 0 fully saturated rings. The maximum atomic E-state index is 10.3. The van der Waals surface area contributed by atoms with Gasteiger partial charge in [-0.15, -0.1) is 0 Å². The van der Waals surface area contributed by atoms with Crippen molar-refractivity contribution in [1.29, 1.82) is 0 Å². The van der Waals surface area contributed by atoms with Crippen molar-refractivity contribution < 1.29 is 32.4 Å². The molecule has 0 saturated heterocycles. The quantitative estimate of drug-likeness (QED) is 0.779. The highest BCUT2D eigenvalue weighted by molar-refractivity contribution is 7.85. The zero-order chi connectivity index (χ0) is 14.3. The predicted molar refractivity (Wildman–Crippen MR) is 62.2 cm³/mol. The van der Waals surface area contributed by atoms with E-state index in [0.717, 1.165) is 13.4 Å². The van der Waals surface area contributed by atoms with Crippen LogP contribution in [0.25, 0.3) is 0 Å². The predicted octanol–water partition coefficient (Wildman–Crippen LogP) is 0.675. The molecule has 1 aromatic rings. The Hall–Kier alpha value is -1.93. The van der Waals surface area contributed by atoms with Crippen LogP contribution in [0, 0.1) is 0 Å². The summed E-state index contributed by atoms with van der Waals surface area (Å²) in [6.45, 7) is 0. The molecule has 0 saturated carbocycles. The topological polar surface area (TPSA) is 118 Å². The van der Waals surface area contributed by atoms with Crippen molar-refractivity contribution >= 4 is 22.1 Å². The molecule has 1 rings (SSSR count). The van der Waals surface area contributed by atoms with Crippen LogP contribution < -0.4 is 0 Å². The summed E-state index contributed by atoms with van der Waals surface area (Å²) in [5.41, 5.74) is 0.167. The standard InChI is InChI=1S/C8H6O4.C2H6O3S/c9-7(10)5-1-2-6(4-3-5)8(11)12;1-5-6(2,3)4/h1-4H,(H,9,10)(H,11,12);1-2H3. The molecule has 18 heavy (non-hydrogen) atoms. The molecule has 0 heterocycles. The molecule has 0 aliphatic rings. The molecule has 0 radical (unpaired) electrons. The Morgan fingerprint density at radius 1 is 1.00 bits per heavy atom. The van der Waals surface area contributed by atoms with E-state index in [0.29, 0.717) is 0 Å². The van der Waals surface area contributed by atoms with Gasteiger partial charge in [-0.05, 0) is 24.3 Å². The third kappa shape index (κ3) is 6.61. The minimum absolute atomic E-state index is 0.0833. The molecule has 0 amide bonds. The molecule has 1 aromatic carbocycles. The summed E-state index contributed by atoms with van der Waals surface area (Å²) in [6.07, 6.45) is 0.993. The van der Waals surface area contributed by atoms with Gasteiger partial charge in [0.2, 0.25) is 0 Å². The number of rotatable bonds is 3. The largest absolute Gasteiger partial charge is 0.478 e. The normalized spacial score (nSPS) is 10.1. The van der Waals surface area contributed by atoms with Crippen molar-refractivity contribution in [1.82, 2.24) is 0 Å². The first-order chi connectivity index (χ1) is 8.17. The van der Waals surface area contributed by atoms with Crippen LogP contribution >= 0.6 is 0 Å². The van der Waals surface area contributed by atoms with Crippen molar-refractivity contribution in [2.45, 2.75) is 0 Å². The summed E-state index contributed by atoms with van der Waals surface area (Å²) >= 11 is 0. The summed E-state index contributed by atoms with van der Waals surface area (Å²) in [6, 6.07) is 5.02. The average molecular weight is 276 g/mol. The van der Waals surface area contributed by atoms with Gasteiger partial charge in [-0.2, -0.15) is 8.42 Å². The van der Waals surface area contributed by atoms with Gasteiger partial charge >= 0.3 is 11.9 Å². The molecule has 0 unspecified atom stereocenters. The molecular formula is C10H12O7S. The minimum atomic E-state index is -3.16. The highest BCUT2D eigenvalue weighted by Gasteiger charge is 2.04. The Morgan fingerprint density at radius 2 is 1.22 bits per heavy atom. The number of hydrogen-bond donors (Lipinski definition) is 2. The molecule has 0 spiro atoms. The monoisotopic (exact) mass is 276 g/mol. The van der Waals surface area contributed by atoms with Crippen LogP contribution in [0.2, 0.25) is 0 Å². The fraction of sp³-hybridized carbons (Fsp3) is 0.200. The van der Waals surface area contributed by atoms with Gasteiger partial charge in [0.15, 0.2) is 0 Å². The van der Waals surface area contributed by atoms with Gasteiger partial charge < -0.3 is 10.2 Å². The summed E-state index contributed by atoms with van der Waals surface area (Å²) < 4.78 is 23.5. The summed E-state index contributed by atoms with van der Waals surface area (Å²) in [5.74, 6) is -2.13. The Balaban J connectivity index is 0.000000411. The van der Waals surface area contributed by atoms with Crippen molar-refractivity contribution in [2.75, 3.05) is 13.4 Å². The number of carboxylic acids is 2. The van der Waals surface area contributed by atoms with Crippen LogP contribution in [-0.2, 0) is 14.3 Å². The van der Waals surface area contributed by atoms with E-state index < -0.39 is 22.1 Å². The number of carboxylic acid groups (broad SMARTS) is 2. The molecule has 0 atom stereocenters. The van der Waals surface area contributed by atoms with E-state index >= 15 is 0 Å². The van der Waals surface area contributed by atoms with E-state index in [1.807, 2.05) is 0 Å². The maximum absolute atomic E-state index is 10.3. The lowest BCUT2D eigenvalue weighted by Crippen LogP contribution is -1.99. The third-order valence-electron chi connectivity index (χ3n) is 1.68. The molecule has 0 bridgehead atoms. The molecule has 2 N–H and O–H groups in total. The number of carbonyl (C=O) groups is 2. The summed E-state index contributed by atoms with van der Waals surface area (Å²) in [7, 11) is -2.04. The van der Waals surface area contributed by atoms with Crippen LogP contribution in [-0.4, -0.2) is 43.9 Å². The molecule has 7 nitrogen and oxygen atoms in total. The highest BCUT2D eigenvalue weighted by Crippen LogP contribution is 2.03. The smallest absolute Gasteiger partial charge is 0.335 e. The lowest BCUT2D eigenvalue weighted by Gasteiger charge is -1.94. The second-order valence-corrected chi connectivity index (χ2v) is 4.80. The van der Waals surface area contributed by atoms with E-state index in [1.54, 1.807) is 0 Å². The maximum Gasteiger partial charge on any atom is 0.335 e. The van der Waals surface area contributed by atoms with Gasteiger partial charge in [-0.3, -0.25) is 4.18 Å². The van der Waals surface area contributed by atoms with Crippen molar-refractivity contribution in [3.8, 4) is 0 Å². The lowest BCUT2D eigenvalue weighted by molar-refractivity contribution is 0.0681. The Morgan fingerprint density at radius 3 is 1.33 bits per heavy atom. The van der Waals surface area contributed by atoms with E-state index in [4.69, 9.17) is 10.2 Å². The van der Waals surface area contributed by atoms with Crippen LogP contribution in [0.1, 0.15) is 20.7 Å². The van der Waals surface area contributed by atoms with Gasteiger partial charge in [0.25, 0.3) is 10.1 Å². The van der Waals surface area contributed by atoms with E-state index in [1.165, 1.54) is 24.3 Å². The van der Waals surface area contributed by atoms with E-state index in [9.17, 15) is 18.0 Å². The second kappa shape index (κ2) is 6.72. The van der Waals surface area contributed by atoms with Crippen molar-refractivity contribution in [3.05, 3.63) is 35.4 Å². The van der Waals surface area contributed by atoms with Gasteiger partial charge in [0.05, 0.1) is 24.5 Å². The van der Waals surface area contributed by atoms with Crippen molar-refractivity contribution in [2.24, 2.45) is 0 Å². The molecule has 0 aliphatic heterocycles.